The van der Waals surface area contributed by atoms with Crippen LogP contribution in [-0.2, 0) is 28.8 Å². The number of hydrogen-bond donors (Lipinski definition) is 3. The van der Waals surface area contributed by atoms with E-state index >= 15 is 0 Å². The maximum atomic E-state index is 11.4. The zero-order chi connectivity index (χ0) is 24.6. The van der Waals surface area contributed by atoms with Crippen molar-refractivity contribution in [1.82, 2.24) is 0 Å². The number of carbonyl (C=O) groups excluding carboxylic acids is 1. The molecule has 2 aromatic carbocycles. The lowest BCUT2D eigenvalue weighted by Crippen LogP contribution is -2.27. The smallest absolute Gasteiger partial charge is 0.309 e. The molecule has 0 aliphatic heterocycles. The lowest BCUT2D eigenvalue weighted by atomic mass is 9.92. The van der Waals surface area contributed by atoms with Gasteiger partial charge in [0, 0.05) is 10.5 Å². The number of rotatable bonds is 12. The first-order valence-electron chi connectivity index (χ1n) is 10.9. The summed E-state index contributed by atoms with van der Waals surface area (Å²) in [5, 5.41) is 29.8. The van der Waals surface area contributed by atoms with Crippen molar-refractivity contribution in [1.29, 1.82) is 5.41 Å². The molecule has 0 aliphatic carbocycles. The lowest BCUT2D eigenvalue weighted by molar-refractivity contribution is -0.139. The van der Waals surface area contributed by atoms with Crippen LogP contribution in [0.15, 0.2) is 35.2 Å². The second kappa shape index (κ2) is 13.0. The molecule has 0 spiro atoms. The van der Waals surface area contributed by atoms with E-state index in [-0.39, 0.29) is 23.9 Å². The monoisotopic (exact) mass is 603 g/mol. The van der Waals surface area contributed by atoms with Crippen molar-refractivity contribution >= 4 is 57.6 Å². The number of alkyl halides is 1. The Kier molecular flexibility index (Phi) is 11.0. The zero-order valence-corrected chi connectivity index (χ0v) is 22.9. The van der Waals surface area contributed by atoms with Crippen LogP contribution in [0.3, 0.4) is 0 Å². The summed E-state index contributed by atoms with van der Waals surface area (Å²) in [6.07, 6.45) is 4.61. The van der Waals surface area contributed by atoms with Gasteiger partial charge in [0.2, 0.25) is 0 Å². The summed E-state index contributed by atoms with van der Waals surface area (Å²) in [6, 6.07) is 9.37. The Hall–Kier alpha value is -1.29. The number of aryl methyl sites for hydroxylation is 1. The molecule has 1 unspecified atom stereocenters. The number of thioether (sulfide) groups is 1. The van der Waals surface area contributed by atoms with Gasteiger partial charge in [-0.25, -0.2) is 0 Å². The Morgan fingerprint density at radius 1 is 1.24 bits per heavy atom. The largest absolute Gasteiger partial charge is 0.507 e. The molecule has 33 heavy (non-hydrogen) atoms. The van der Waals surface area contributed by atoms with Crippen LogP contribution in [0.25, 0.3) is 0 Å². The highest BCUT2D eigenvalue weighted by Gasteiger charge is 2.27. The molecular formula is C25H31ClINO4S. The van der Waals surface area contributed by atoms with E-state index in [9.17, 15) is 15.0 Å². The molecule has 3 N–H and O–H groups in total. The molecule has 2 aromatic rings. The van der Waals surface area contributed by atoms with Crippen LogP contribution in [0.5, 0.6) is 5.75 Å². The van der Waals surface area contributed by atoms with E-state index < -0.39 is 3.61 Å². The molecule has 1 atom stereocenters. The third-order valence-corrected chi connectivity index (χ3v) is 7.40. The first kappa shape index (κ1) is 28.0. The first-order valence-corrected chi connectivity index (χ1v) is 13.3. The summed E-state index contributed by atoms with van der Waals surface area (Å²) in [7, 11) is 1.37. The Morgan fingerprint density at radius 2 is 1.97 bits per heavy atom. The van der Waals surface area contributed by atoms with E-state index in [2.05, 4.69) is 6.92 Å². The number of nitrogens with one attached hydrogen (secondary N) is 1. The first-order chi connectivity index (χ1) is 15.6. The number of phenols is 1. The van der Waals surface area contributed by atoms with Crippen LogP contribution in [0, 0.1) is 5.41 Å². The SMILES string of the molecule is CCCc1c(CCCCSc2ccc(CC(=O)OC)cc2Cl)ccc(C(=N)C(C)(O)I)c1O. The van der Waals surface area contributed by atoms with Crippen LogP contribution in [0.4, 0.5) is 0 Å². The van der Waals surface area contributed by atoms with E-state index in [1.165, 1.54) is 7.11 Å². The molecule has 0 radical (unpaired) electrons. The average Bonchev–Trinajstić information content (AvgIpc) is 2.76. The Labute approximate surface area is 218 Å². The van der Waals surface area contributed by atoms with Crippen LogP contribution >= 0.6 is 46.0 Å². The normalized spacial score (nSPS) is 12.9. The molecule has 0 bridgehead atoms. The average molecular weight is 604 g/mol. The number of aliphatic hydroxyl groups is 1. The number of unbranched alkanes of at least 4 members (excludes halogenated alkanes) is 1. The van der Waals surface area contributed by atoms with Crippen LogP contribution in [-0.4, -0.2) is 38.4 Å². The predicted octanol–water partition coefficient (Wildman–Crippen LogP) is 6.34. The fourth-order valence-electron chi connectivity index (χ4n) is 3.50. The molecular weight excluding hydrogens is 573 g/mol. The fourth-order valence-corrected chi connectivity index (χ4v) is 5.09. The number of hydrogen-bond acceptors (Lipinski definition) is 6. The number of esters is 1. The second-order valence-corrected chi connectivity index (χ2v) is 11.6. The van der Waals surface area contributed by atoms with Crippen molar-refractivity contribution in [3.63, 3.8) is 0 Å². The summed E-state index contributed by atoms with van der Waals surface area (Å²) in [5.41, 5.74) is 3.20. The van der Waals surface area contributed by atoms with Gasteiger partial charge < -0.3 is 20.4 Å². The summed E-state index contributed by atoms with van der Waals surface area (Å²) in [4.78, 5) is 12.4. The number of methoxy groups -OCH3 is 1. The lowest BCUT2D eigenvalue weighted by Gasteiger charge is -2.20. The number of ether oxygens (including phenoxy) is 1. The van der Waals surface area contributed by atoms with Crippen LogP contribution in [0.1, 0.15) is 55.4 Å². The van der Waals surface area contributed by atoms with Crippen LogP contribution in [0.2, 0.25) is 5.02 Å². The molecule has 0 saturated heterocycles. The highest BCUT2D eigenvalue weighted by atomic mass is 127. The minimum atomic E-state index is -1.34. The predicted molar refractivity (Wildman–Crippen MR) is 144 cm³/mol. The molecule has 0 aliphatic rings. The molecule has 2 rings (SSSR count). The number of carbonyl (C=O) groups is 1. The standard InChI is InChI=1S/C25H31ClINO4S/c1-4-7-18-17(10-11-19(23(18)30)24(28)25(2,27)31)8-5-6-13-33-21-12-9-16(14-20(21)26)15-22(29)32-3/h9-12,14,28,30-31H,4-8,13,15H2,1-3H3. The van der Waals surface area contributed by atoms with Crippen molar-refractivity contribution in [2.24, 2.45) is 0 Å². The summed E-state index contributed by atoms with van der Waals surface area (Å²) in [6.45, 7) is 3.60. The number of benzene rings is 2. The minimum Gasteiger partial charge on any atom is -0.507 e. The van der Waals surface area contributed by atoms with E-state index in [1.807, 2.05) is 24.3 Å². The van der Waals surface area contributed by atoms with Crippen molar-refractivity contribution in [3.05, 3.63) is 57.6 Å². The van der Waals surface area contributed by atoms with Gasteiger partial charge in [0.25, 0.3) is 0 Å². The Morgan fingerprint density at radius 3 is 2.58 bits per heavy atom. The van der Waals surface area contributed by atoms with Gasteiger partial charge in [0.1, 0.15) is 5.75 Å². The minimum absolute atomic E-state index is 0.00962. The summed E-state index contributed by atoms with van der Waals surface area (Å²) in [5.74, 6) is 0.736. The van der Waals surface area contributed by atoms with Gasteiger partial charge in [-0.2, -0.15) is 0 Å². The van der Waals surface area contributed by atoms with Gasteiger partial charge in [-0.3, -0.25) is 4.79 Å². The number of phenolic OH excluding ortho intramolecular Hbond substituents is 1. The molecule has 180 valence electrons. The summed E-state index contributed by atoms with van der Waals surface area (Å²) >= 11 is 9.86. The number of aromatic hydroxyl groups is 1. The quantitative estimate of drug-likeness (QED) is 0.0658. The van der Waals surface area contributed by atoms with Crippen molar-refractivity contribution < 1.29 is 19.7 Å². The van der Waals surface area contributed by atoms with Gasteiger partial charge in [-0.1, -0.05) is 37.1 Å². The Bertz CT molecular complexity index is 991. The highest BCUT2D eigenvalue weighted by Crippen LogP contribution is 2.33. The van der Waals surface area contributed by atoms with E-state index in [1.54, 1.807) is 47.3 Å². The van der Waals surface area contributed by atoms with Gasteiger partial charge in [-0.05, 0) is 95.8 Å². The third kappa shape index (κ3) is 8.16. The van der Waals surface area contributed by atoms with E-state index in [4.69, 9.17) is 21.7 Å². The molecule has 0 heterocycles. The molecule has 0 saturated carbocycles. The molecule has 0 fully saturated rings. The third-order valence-electron chi connectivity index (χ3n) is 5.28. The maximum Gasteiger partial charge on any atom is 0.309 e. The Balaban J connectivity index is 1.96. The van der Waals surface area contributed by atoms with Gasteiger partial charge in [0.15, 0.2) is 3.61 Å². The van der Waals surface area contributed by atoms with E-state index in [0.717, 1.165) is 59.4 Å². The highest BCUT2D eigenvalue weighted by molar-refractivity contribution is 14.1. The van der Waals surface area contributed by atoms with Crippen molar-refractivity contribution in [3.8, 4) is 5.75 Å². The molecule has 0 aromatic heterocycles. The van der Waals surface area contributed by atoms with Crippen LogP contribution < -0.4 is 0 Å². The molecule has 5 nitrogen and oxygen atoms in total. The van der Waals surface area contributed by atoms with Crippen molar-refractivity contribution in [2.45, 2.75) is 60.9 Å². The topological polar surface area (TPSA) is 90.6 Å². The molecule has 8 heteroatoms. The maximum absolute atomic E-state index is 11.4. The zero-order valence-electron chi connectivity index (χ0n) is 19.2. The van der Waals surface area contributed by atoms with Gasteiger partial charge in [-0.15, -0.1) is 11.8 Å². The van der Waals surface area contributed by atoms with Gasteiger partial charge in [0.05, 0.1) is 24.3 Å². The van der Waals surface area contributed by atoms with Crippen molar-refractivity contribution in [2.75, 3.05) is 12.9 Å². The molecule has 0 amide bonds. The fraction of sp³-hybridized carbons (Fsp3) is 0.440. The number of halogens is 2. The van der Waals surface area contributed by atoms with E-state index in [0.29, 0.717) is 10.6 Å². The summed E-state index contributed by atoms with van der Waals surface area (Å²) < 4.78 is 3.35. The van der Waals surface area contributed by atoms with Gasteiger partial charge >= 0.3 is 5.97 Å². The second-order valence-electron chi connectivity index (χ2n) is 8.00.